The Morgan fingerprint density at radius 3 is 2.43 bits per heavy atom. The second kappa shape index (κ2) is 7.85. The highest BCUT2D eigenvalue weighted by Gasteiger charge is 2.35. The fourth-order valence-corrected chi connectivity index (χ4v) is 4.02. The van der Waals surface area contributed by atoms with Crippen LogP contribution in [-0.4, -0.2) is 19.1 Å². The predicted octanol–water partition coefficient (Wildman–Crippen LogP) is 3.62. The summed E-state index contributed by atoms with van der Waals surface area (Å²) >= 11 is 1.42. The molecule has 1 aromatic heterocycles. The molecule has 0 fully saturated rings. The Morgan fingerprint density at radius 2 is 1.89 bits per heavy atom. The van der Waals surface area contributed by atoms with E-state index in [-0.39, 0.29) is 5.69 Å². The summed E-state index contributed by atoms with van der Waals surface area (Å²) in [5, 5.41) is 13.8. The number of methoxy groups -OCH3 is 2. The Kier molecular flexibility index (Phi) is 5.51. The van der Waals surface area contributed by atoms with Gasteiger partial charge in [-0.3, -0.25) is 15.8 Å². The molecule has 0 aliphatic rings. The first kappa shape index (κ1) is 19.6. The van der Waals surface area contributed by atoms with E-state index < -0.39 is 10.3 Å². The number of hydrogen-bond donors (Lipinski definition) is 1. The van der Waals surface area contributed by atoms with Gasteiger partial charge in [-0.05, 0) is 37.1 Å². The summed E-state index contributed by atoms with van der Waals surface area (Å²) in [5.41, 5.74) is 8.15. The number of H-pyrrole nitrogens is 1. The topological polar surface area (TPSA) is 102 Å². The lowest BCUT2D eigenvalue weighted by Gasteiger charge is -2.28. The molecule has 146 valence electrons. The van der Waals surface area contributed by atoms with Gasteiger partial charge < -0.3 is 9.47 Å². The molecular formula is C20H22N3O4S+. The van der Waals surface area contributed by atoms with E-state index in [0.717, 1.165) is 22.6 Å². The lowest BCUT2D eigenvalue weighted by atomic mass is 9.75. The third kappa shape index (κ3) is 3.77. The van der Waals surface area contributed by atoms with E-state index in [9.17, 15) is 10.1 Å². The summed E-state index contributed by atoms with van der Waals surface area (Å²) in [6.07, 6.45) is 0.483. The van der Waals surface area contributed by atoms with E-state index in [2.05, 4.69) is 11.9 Å². The standard InChI is InChI=1S/C20H21N3O4S/c1-20(18-12-28-19(21)22-18,14-4-7-16(26-2)8-5-14)11-13-10-15(23(24)25)6-9-17(13)27-3/h4-10,12H,11H2,1-3H3,(H2,21,22)/p+1. The van der Waals surface area contributed by atoms with Crippen LogP contribution >= 0.6 is 11.3 Å². The molecule has 28 heavy (non-hydrogen) atoms. The first-order chi connectivity index (χ1) is 13.4. The van der Waals surface area contributed by atoms with Crippen molar-refractivity contribution in [3.63, 3.8) is 0 Å². The molecule has 7 nitrogen and oxygen atoms in total. The van der Waals surface area contributed by atoms with E-state index >= 15 is 0 Å². The lowest BCUT2D eigenvalue weighted by Crippen LogP contribution is -2.33. The summed E-state index contributed by atoms with van der Waals surface area (Å²) in [5.74, 6) is 1.36. The Morgan fingerprint density at radius 1 is 1.18 bits per heavy atom. The molecule has 0 saturated carbocycles. The van der Waals surface area contributed by atoms with Gasteiger partial charge >= 0.3 is 5.13 Å². The number of benzene rings is 2. The van der Waals surface area contributed by atoms with Gasteiger partial charge in [-0.25, -0.2) is 4.98 Å². The molecule has 0 radical (unpaired) electrons. The van der Waals surface area contributed by atoms with Crippen LogP contribution in [0.25, 0.3) is 0 Å². The maximum Gasteiger partial charge on any atom is 0.329 e. The molecule has 0 saturated heterocycles. The number of thiazole rings is 1. The van der Waals surface area contributed by atoms with Crippen molar-refractivity contribution < 1.29 is 19.4 Å². The normalized spacial score (nSPS) is 13.0. The third-order valence-corrected chi connectivity index (χ3v) is 5.61. The molecule has 0 spiro atoms. The molecule has 1 atom stereocenters. The number of hydrogen-bond acceptors (Lipinski definition) is 6. The maximum atomic E-state index is 11.3. The van der Waals surface area contributed by atoms with Crippen molar-refractivity contribution in [2.45, 2.75) is 18.8 Å². The van der Waals surface area contributed by atoms with E-state index in [4.69, 9.17) is 15.2 Å². The van der Waals surface area contributed by atoms with Crippen LogP contribution in [0.4, 0.5) is 10.8 Å². The summed E-state index contributed by atoms with van der Waals surface area (Å²) in [4.78, 5) is 14.1. The lowest BCUT2D eigenvalue weighted by molar-refractivity contribution is -0.385. The highest BCUT2D eigenvalue weighted by molar-refractivity contribution is 7.13. The highest BCUT2D eigenvalue weighted by atomic mass is 32.1. The number of aromatic amines is 1. The predicted molar refractivity (Wildman–Crippen MR) is 108 cm³/mol. The highest BCUT2D eigenvalue weighted by Crippen LogP contribution is 2.38. The Labute approximate surface area is 166 Å². The second-order valence-corrected chi connectivity index (χ2v) is 7.54. The number of nitrogens with one attached hydrogen (secondary N) is 1. The van der Waals surface area contributed by atoms with E-state index in [1.54, 1.807) is 26.4 Å². The molecule has 3 aromatic rings. The second-order valence-electron chi connectivity index (χ2n) is 6.63. The average Bonchev–Trinajstić information content (AvgIpc) is 3.15. The first-order valence-corrected chi connectivity index (χ1v) is 9.48. The zero-order valence-corrected chi connectivity index (χ0v) is 16.7. The number of nitro groups is 1. The van der Waals surface area contributed by atoms with E-state index in [1.807, 2.05) is 29.6 Å². The van der Waals surface area contributed by atoms with Gasteiger partial charge in [0.05, 0.1) is 24.6 Å². The van der Waals surface area contributed by atoms with Gasteiger partial charge in [0.1, 0.15) is 17.2 Å². The fourth-order valence-electron chi connectivity index (χ4n) is 3.29. The van der Waals surface area contributed by atoms with Crippen molar-refractivity contribution in [1.29, 1.82) is 0 Å². The van der Waals surface area contributed by atoms with Gasteiger partial charge in [-0.15, -0.1) is 0 Å². The Balaban J connectivity index is 2.12. The Hall–Kier alpha value is -3.13. The number of rotatable bonds is 7. The first-order valence-electron chi connectivity index (χ1n) is 8.60. The third-order valence-electron chi connectivity index (χ3n) is 4.90. The smallest absolute Gasteiger partial charge is 0.329 e. The minimum Gasteiger partial charge on any atom is -0.497 e. The number of anilines is 1. The molecular weight excluding hydrogens is 378 g/mol. The largest absolute Gasteiger partial charge is 0.497 e. The van der Waals surface area contributed by atoms with Crippen molar-refractivity contribution in [3.8, 4) is 11.5 Å². The number of nitrogen functional groups attached to an aromatic ring is 1. The number of nitro benzene ring substituents is 1. The molecule has 0 bridgehead atoms. The fraction of sp³-hybridized carbons (Fsp3) is 0.250. The molecule has 2 aromatic carbocycles. The molecule has 3 N–H and O–H groups in total. The van der Waals surface area contributed by atoms with Crippen molar-refractivity contribution in [1.82, 2.24) is 0 Å². The SMILES string of the molecule is COc1ccc(C(C)(Cc2cc([N+](=O)[O-])ccc2OC)c2csc(N)[nH+]2)cc1. The number of aromatic nitrogens is 1. The zero-order chi connectivity index (χ0) is 20.3. The van der Waals surface area contributed by atoms with Gasteiger partial charge in [0, 0.05) is 23.1 Å². The van der Waals surface area contributed by atoms with Crippen LogP contribution in [-0.2, 0) is 11.8 Å². The van der Waals surface area contributed by atoms with Crippen molar-refractivity contribution >= 4 is 22.2 Å². The van der Waals surface area contributed by atoms with Crippen molar-refractivity contribution in [3.05, 3.63) is 74.8 Å². The Bertz CT molecular complexity index is 987. The zero-order valence-electron chi connectivity index (χ0n) is 15.9. The number of ether oxygens (including phenoxy) is 2. The molecule has 0 aliphatic carbocycles. The molecule has 8 heteroatoms. The molecule has 0 amide bonds. The van der Waals surface area contributed by atoms with E-state index in [0.29, 0.717) is 17.3 Å². The van der Waals surface area contributed by atoms with E-state index in [1.165, 1.54) is 17.4 Å². The molecule has 0 aliphatic heterocycles. The van der Waals surface area contributed by atoms with Crippen LogP contribution in [0.3, 0.4) is 0 Å². The maximum absolute atomic E-state index is 11.3. The van der Waals surface area contributed by atoms with Crippen LogP contribution in [0.1, 0.15) is 23.7 Å². The number of non-ortho nitro benzene ring substituents is 1. The van der Waals surface area contributed by atoms with Crippen LogP contribution in [0.15, 0.2) is 47.8 Å². The molecule has 1 heterocycles. The molecule has 1 unspecified atom stereocenters. The quantitative estimate of drug-likeness (QED) is 0.482. The van der Waals surface area contributed by atoms with Crippen LogP contribution in [0.5, 0.6) is 11.5 Å². The van der Waals surface area contributed by atoms with Gasteiger partial charge in [0.25, 0.3) is 5.69 Å². The summed E-state index contributed by atoms with van der Waals surface area (Å²) in [6, 6.07) is 12.4. The number of nitrogens with zero attached hydrogens (tertiary/aromatic N) is 1. The summed E-state index contributed by atoms with van der Waals surface area (Å²) < 4.78 is 10.7. The monoisotopic (exact) mass is 400 g/mol. The number of nitrogens with two attached hydrogens (primary N) is 1. The van der Waals surface area contributed by atoms with Crippen molar-refractivity contribution in [2.75, 3.05) is 20.0 Å². The van der Waals surface area contributed by atoms with Gasteiger partial charge in [-0.2, -0.15) is 0 Å². The summed E-state index contributed by atoms with van der Waals surface area (Å²) in [6.45, 7) is 2.07. The molecule has 3 rings (SSSR count). The van der Waals surface area contributed by atoms with Crippen LogP contribution in [0, 0.1) is 10.1 Å². The van der Waals surface area contributed by atoms with Gasteiger partial charge in [0.2, 0.25) is 0 Å². The minimum atomic E-state index is -0.511. The van der Waals surface area contributed by atoms with Crippen LogP contribution in [0.2, 0.25) is 0 Å². The van der Waals surface area contributed by atoms with Crippen LogP contribution < -0.4 is 20.2 Å². The van der Waals surface area contributed by atoms with Gasteiger partial charge in [-0.1, -0.05) is 23.5 Å². The van der Waals surface area contributed by atoms with Gasteiger partial charge in [0.15, 0.2) is 0 Å². The minimum absolute atomic E-state index is 0.0293. The summed E-state index contributed by atoms with van der Waals surface area (Å²) in [7, 11) is 3.18. The van der Waals surface area contributed by atoms with Crippen molar-refractivity contribution in [2.24, 2.45) is 0 Å². The average molecular weight is 400 g/mol.